The third-order valence-corrected chi connectivity index (χ3v) is 6.36. The second kappa shape index (κ2) is 15.0. The fraction of sp³-hybridized carbons (Fsp3) is 0.105. The van der Waals surface area contributed by atoms with Crippen molar-refractivity contribution in [3.05, 3.63) is 158 Å². The van der Waals surface area contributed by atoms with Crippen LogP contribution in [-0.4, -0.2) is 7.05 Å². The first-order valence-corrected chi connectivity index (χ1v) is 13.5. The highest BCUT2D eigenvalue weighted by Crippen LogP contribution is 2.33. The average molecular weight is 510 g/mol. The van der Waals surface area contributed by atoms with Gasteiger partial charge in [-0.2, -0.15) is 0 Å². The van der Waals surface area contributed by atoms with Gasteiger partial charge in [-0.1, -0.05) is 130 Å². The van der Waals surface area contributed by atoms with Crippen LogP contribution in [0.3, 0.4) is 0 Å². The van der Waals surface area contributed by atoms with Crippen molar-refractivity contribution >= 4 is 11.1 Å². The van der Waals surface area contributed by atoms with Gasteiger partial charge >= 0.3 is 0 Å². The van der Waals surface area contributed by atoms with E-state index in [4.69, 9.17) is 0 Å². The molecule has 4 aromatic carbocycles. The summed E-state index contributed by atoms with van der Waals surface area (Å²) < 4.78 is 0. The van der Waals surface area contributed by atoms with E-state index in [-0.39, 0.29) is 0 Å². The van der Waals surface area contributed by atoms with Crippen LogP contribution in [0.1, 0.15) is 31.9 Å². The SMILES string of the molecule is C=C/C=C\C(=C/C)c1cccc(-c2ccc(-c3cc(/C(C=C)=C/NC)cc(-c4ccccc4)c3)cc2)c1.CC. The Balaban J connectivity index is 0.00000205. The van der Waals surface area contributed by atoms with Crippen molar-refractivity contribution in [3.8, 4) is 33.4 Å². The minimum Gasteiger partial charge on any atom is -0.393 e. The first-order valence-electron chi connectivity index (χ1n) is 13.5. The summed E-state index contributed by atoms with van der Waals surface area (Å²) in [6, 6.07) is 34.7. The Bertz CT molecular complexity index is 1470. The van der Waals surface area contributed by atoms with Crippen molar-refractivity contribution in [2.45, 2.75) is 20.8 Å². The first kappa shape index (κ1) is 28.9. The molecule has 0 unspecified atom stereocenters. The van der Waals surface area contributed by atoms with Crippen molar-refractivity contribution < 1.29 is 0 Å². The normalized spacial score (nSPS) is 11.5. The maximum absolute atomic E-state index is 4.03. The molecule has 0 saturated carbocycles. The van der Waals surface area contributed by atoms with E-state index in [9.17, 15) is 0 Å². The molecule has 0 saturated heterocycles. The van der Waals surface area contributed by atoms with E-state index in [0.717, 1.165) is 11.1 Å². The van der Waals surface area contributed by atoms with Gasteiger partial charge in [0.15, 0.2) is 0 Å². The van der Waals surface area contributed by atoms with Gasteiger partial charge in [0.05, 0.1) is 0 Å². The maximum atomic E-state index is 4.03. The lowest BCUT2D eigenvalue weighted by Gasteiger charge is -2.13. The lowest BCUT2D eigenvalue weighted by molar-refractivity contribution is 1.11. The second-order valence-electron chi connectivity index (χ2n) is 8.75. The summed E-state index contributed by atoms with van der Waals surface area (Å²) in [6.07, 6.45) is 11.9. The van der Waals surface area contributed by atoms with E-state index in [0.29, 0.717) is 0 Å². The summed E-state index contributed by atoms with van der Waals surface area (Å²) >= 11 is 0. The van der Waals surface area contributed by atoms with Crippen LogP contribution in [0.25, 0.3) is 44.5 Å². The summed E-state index contributed by atoms with van der Waals surface area (Å²) in [6.45, 7) is 13.9. The molecular formula is C38H39N. The minimum atomic E-state index is 1.06. The minimum absolute atomic E-state index is 1.06. The zero-order chi connectivity index (χ0) is 28.0. The van der Waals surface area contributed by atoms with Crippen LogP contribution in [0, 0.1) is 0 Å². The van der Waals surface area contributed by atoms with Crippen LogP contribution in [0.5, 0.6) is 0 Å². The zero-order valence-corrected chi connectivity index (χ0v) is 23.6. The van der Waals surface area contributed by atoms with Gasteiger partial charge in [-0.15, -0.1) is 0 Å². The van der Waals surface area contributed by atoms with Crippen LogP contribution >= 0.6 is 0 Å². The Hall–Kier alpha value is -4.62. The predicted molar refractivity (Wildman–Crippen MR) is 174 cm³/mol. The number of rotatable bonds is 9. The molecule has 1 N–H and O–H groups in total. The van der Waals surface area contributed by atoms with Crippen LogP contribution < -0.4 is 5.32 Å². The predicted octanol–water partition coefficient (Wildman–Crippen LogP) is 10.6. The molecule has 0 amide bonds. The Morgan fingerprint density at radius 2 is 1.18 bits per heavy atom. The zero-order valence-electron chi connectivity index (χ0n) is 23.6. The molecule has 0 aliphatic heterocycles. The number of benzene rings is 4. The second-order valence-corrected chi connectivity index (χ2v) is 8.75. The van der Waals surface area contributed by atoms with Gasteiger partial charge in [-0.3, -0.25) is 0 Å². The highest BCUT2D eigenvalue weighted by atomic mass is 14.8. The summed E-state index contributed by atoms with van der Waals surface area (Å²) in [5.41, 5.74) is 11.7. The fourth-order valence-corrected chi connectivity index (χ4v) is 4.44. The van der Waals surface area contributed by atoms with Crippen molar-refractivity contribution in [2.24, 2.45) is 0 Å². The molecule has 0 atom stereocenters. The van der Waals surface area contributed by atoms with E-state index in [1.807, 2.05) is 45.3 Å². The third-order valence-electron chi connectivity index (χ3n) is 6.36. The van der Waals surface area contributed by atoms with Crippen LogP contribution in [-0.2, 0) is 0 Å². The summed E-state index contributed by atoms with van der Waals surface area (Å²) in [5, 5.41) is 3.14. The number of hydrogen-bond acceptors (Lipinski definition) is 1. The number of nitrogens with one attached hydrogen (secondary N) is 1. The molecule has 0 bridgehead atoms. The fourth-order valence-electron chi connectivity index (χ4n) is 4.44. The Kier molecular flexibility index (Phi) is 11.1. The molecule has 0 aliphatic carbocycles. The largest absolute Gasteiger partial charge is 0.393 e. The standard InChI is InChI=1S/C36H33N.C2H6/c1-5-8-13-27(6-2)32-16-12-17-33(22-32)30-18-20-31(21-19-30)36-24-34(28(7-3)26-37-4)23-35(25-36)29-14-10-9-11-15-29;1-2/h5-26,37H,1,3H2,2,4H3;1-2H3/b13-8-,27-6+,28-26+;. The quantitative estimate of drug-likeness (QED) is 0.221. The van der Waals surface area contributed by atoms with Crippen molar-refractivity contribution in [3.63, 3.8) is 0 Å². The average Bonchev–Trinajstić information content (AvgIpc) is 3.01. The van der Waals surface area contributed by atoms with Gasteiger partial charge in [-0.25, -0.2) is 0 Å². The maximum Gasteiger partial charge on any atom is 0.00410 e. The van der Waals surface area contributed by atoms with Gasteiger partial charge in [0.2, 0.25) is 0 Å². The molecule has 1 nitrogen and oxygen atoms in total. The summed E-state index contributed by atoms with van der Waals surface area (Å²) in [5.74, 6) is 0. The molecule has 0 fully saturated rings. The molecule has 0 aliphatic rings. The van der Waals surface area contributed by atoms with Gasteiger partial charge in [0, 0.05) is 13.2 Å². The van der Waals surface area contributed by atoms with E-state index in [2.05, 4.69) is 129 Å². The highest BCUT2D eigenvalue weighted by molar-refractivity contribution is 5.84. The molecule has 0 heterocycles. The molecule has 0 spiro atoms. The van der Waals surface area contributed by atoms with Gasteiger partial charge in [0.1, 0.15) is 0 Å². The molecule has 4 aromatic rings. The summed E-state index contributed by atoms with van der Waals surface area (Å²) in [7, 11) is 1.91. The van der Waals surface area contributed by atoms with Gasteiger partial charge in [-0.05, 0) is 86.8 Å². The number of allylic oxidation sites excluding steroid dienone is 7. The van der Waals surface area contributed by atoms with Crippen molar-refractivity contribution in [2.75, 3.05) is 7.05 Å². The molecule has 39 heavy (non-hydrogen) atoms. The smallest absolute Gasteiger partial charge is 0.00410 e. The van der Waals surface area contributed by atoms with Crippen LogP contribution in [0.2, 0.25) is 0 Å². The van der Waals surface area contributed by atoms with Crippen molar-refractivity contribution in [1.29, 1.82) is 0 Å². The van der Waals surface area contributed by atoms with Crippen molar-refractivity contribution in [1.82, 2.24) is 5.32 Å². The van der Waals surface area contributed by atoms with Crippen LogP contribution in [0.4, 0.5) is 0 Å². The van der Waals surface area contributed by atoms with E-state index < -0.39 is 0 Å². The molecule has 0 radical (unpaired) electrons. The van der Waals surface area contributed by atoms with Crippen LogP contribution in [0.15, 0.2) is 147 Å². The Morgan fingerprint density at radius 1 is 0.615 bits per heavy atom. The van der Waals surface area contributed by atoms with E-state index in [1.54, 1.807) is 6.08 Å². The lowest BCUT2D eigenvalue weighted by atomic mass is 9.92. The molecule has 196 valence electrons. The Labute approximate surface area is 235 Å². The van der Waals surface area contributed by atoms with Gasteiger partial charge < -0.3 is 5.32 Å². The lowest BCUT2D eigenvalue weighted by Crippen LogP contribution is -1.96. The molecule has 0 aromatic heterocycles. The molecule has 4 rings (SSSR count). The van der Waals surface area contributed by atoms with E-state index >= 15 is 0 Å². The summed E-state index contributed by atoms with van der Waals surface area (Å²) in [4.78, 5) is 0. The third kappa shape index (κ3) is 7.46. The molecular weight excluding hydrogens is 470 g/mol. The monoisotopic (exact) mass is 509 g/mol. The first-order chi connectivity index (χ1) is 19.2. The van der Waals surface area contributed by atoms with Gasteiger partial charge in [0.25, 0.3) is 0 Å². The Morgan fingerprint density at radius 3 is 1.74 bits per heavy atom. The topological polar surface area (TPSA) is 12.0 Å². The highest BCUT2D eigenvalue weighted by Gasteiger charge is 2.09. The van der Waals surface area contributed by atoms with E-state index in [1.165, 1.54) is 44.5 Å². The number of hydrogen-bond donors (Lipinski definition) is 1. The molecule has 1 heteroatoms.